The summed E-state index contributed by atoms with van der Waals surface area (Å²) < 4.78 is 0. The minimum absolute atomic E-state index is 0. The Morgan fingerprint density at radius 3 is 0.500 bits per heavy atom. The van der Waals surface area contributed by atoms with Gasteiger partial charge in [-0.3, -0.25) is 21.0 Å². The largest absolute Gasteiger partial charge is 0.394 e. The molecule has 0 aromatic rings. The molecule has 0 aliphatic rings. The first-order valence-corrected chi connectivity index (χ1v) is 3.66. The molecule has 0 unspecified atom stereocenters. The van der Waals surface area contributed by atoms with Crippen molar-refractivity contribution >= 4 is 0 Å². The maximum absolute atomic E-state index is 7.62. The van der Waals surface area contributed by atoms with Gasteiger partial charge in [0.15, 0.2) is 0 Å². The Labute approximate surface area is 192 Å². The Kier molecular flexibility index (Phi) is 737. The molecule has 0 aliphatic heterocycles. The molecule has 124 valence electrons. The maximum Gasteiger partial charge on any atom is 0.0662 e. The predicted molar refractivity (Wildman–Crippen MR) is 67.8 cm³/mol. The van der Waals surface area contributed by atoms with E-state index in [2.05, 4.69) is 26.3 Å². The topological polar surface area (TPSA) is 162 Å². The van der Waals surface area contributed by atoms with Gasteiger partial charge in [-0.15, -0.1) is 26.3 Å². The number of aliphatic hydroxyl groups is 4. The second-order valence-corrected chi connectivity index (χ2v) is 0.894. The zero-order valence-electron chi connectivity index (χ0n) is 11.7. The van der Waals surface area contributed by atoms with Crippen molar-refractivity contribution in [2.75, 3.05) is 26.4 Å². The molecule has 11 heteroatoms. The molecule has 8 nitrogen and oxygen atoms in total. The molecule has 0 aromatic heterocycles. The number of rotatable bonds is 2. The van der Waals surface area contributed by atoms with E-state index < -0.39 is 0 Å². The molecule has 0 fully saturated rings. The molecule has 0 saturated heterocycles. The quantitative estimate of drug-likeness (QED) is 0.0834. The van der Waals surface area contributed by atoms with E-state index in [1.807, 2.05) is 0 Å². The molecule has 8 N–H and O–H groups in total. The second-order valence-electron chi connectivity index (χ2n) is 0.894. The fourth-order valence-corrected chi connectivity index (χ4v) is 0. The monoisotopic (exact) mass is 977 g/mol. The van der Waals surface area contributed by atoms with E-state index in [1.54, 1.807) is 0 Å². The van der Waals surface area contributed by atoms with Crippen LogP contribution in [0.25, 0.3) is 0 Å². The standard InChI is InChI=1S/2C2H6O2.2C2H4.CH3.2H2O2.3U/c2*3-1-2-4;2*1-2;;2*1-2;;;/h2*3-4H,1-2H2;2*1-2H2;1H3;2*1-2H;;;/q;;;;-1;;;;;. The number of hydrogen-bond donors (Lipinski definition) is 8. The Balaban J connectivity index is -0.00000000747. The molecule has 0 atom stereocenters. The van der Waals surface area contributed by atoms with Crippen LogP contribution in [0.3, 0.4) is 0 Å². The normalized spacial score (nSPS) is 4.00. The van der Waals surface area contributed by atoms with E-state index >= 15 is 0 Å². The summed E-state index contributed by atoms with van der Waals surface area (Å²) in [6, 6.07) is 0. The van der Waals surface area contributed by atoms with Gasteiger partial charge >= 0.3 is 0 Å². The van der Waals surface area contributed by atoms with Crippen LogP contribution >= 0.6 is 0 Å². The summed E-state index contributed by atoms with van der Waals surface area (Å²) in [7, 11) is 0. The first-order valence-electron chi connectivity index (χ1n) is 3.66. The van der Waals surface area contributed by atoms with Gasteiger partial charge in [-0.2, -0.15) is 0 Å². The predicted octanol–water partition coefficient (Wildman–Crippen LogP) is 0.0315. The van der Waals surface area contributed by atoms with Crippen molar-refractivity contribution in [2.24, 2.45) is 0 Å². The zero-order valence-corrected chi connectivity index (χ0v) is 24.2. The van der Waals surface area contributed by atoms with E-state index in [0.29, 0.717) is 0 Å². The van der Waals surface area contributed by atoms with Gasteiger partial charge in [0.05, 0.1) is 26.4 Å². The Morgan fingerprint density at radius 2 is 0.500 bits per heavy atom. The summed E-state index contributed by atoms with van der Waals surface area (Å²) in [5.41, 5.74) is 0. The van der Waals surface area contributed by atoms with E-state index in [4.69, 9.17) is 41.5 Å². The van der Waals surface area contributed by atoms with E-state index in [1.165, 1.54) is 0 Å². The first kappa shape index (κ1) is 66.8. The third-order valence-corrected chi connectivity index (χ3v) is 0.200. The maximum atomic E-state index is 7.62. The summed E-state index contributed by atoms with van der Waals surface area (Å²) in [4.78, 5) is 0. The summed E-state index contributed by atoms with van der Waals surface area (Å²) in [6.07, 6.45) is 0. The SMILES string of the molecule is C=C.C=C.OCCO.OCCO.OO.OO.[CH3-].[U].[U].[U]. The molecule has 0 aromatic carbocycles. The van der Waals surface area contributed by atoms with Crippen LogP contribution in [0, 0.1) is 101 Å². The van der Waals surface area contributed by atoms with Gasteiger partial charge in [-0.05, 0) is 0 Å². The van der Waals surface area contributed by atoms with E-state index in [0.717, 1.165) is 0 Å². The molecule has 20 heavy (non-hydrogen) atoms. The Morgan fingerprint density at radius 1 is 0.450 bits per heavy atom. The van der Waals surface area contributed by atoms with Crippen LogP contribution in [-0.4, -0.2) is 67.9 Å². The van der Waals surface area contributed by atoms with Crippen LogP contribution in [0.4, 0.5) is 0 Å². The minimum Gasteiger partial charge on any atom is -0.394 e. The van der Waals surface area contributed by atoms with E-state index in [-0.39, 0.29) is 127 Å². The molecular weight excluding hydrogens is 950 g/mol. The third kappa shape index (κ3) is 407. The van der Waals surface area contributed by atoms with Crippen molar-refractivity contribution in [2.45, 2.75) is 0 Å². The average molecular weight is 977 g/mol. The molecule has 0 aliphatic carbocycles. The van der Waals surface area contributed by atoms with Crippen LogP contribution in [0.15, 0.2) is 26.3 Å². The molecule has 0 bridgehead atoms. The van der Waals surface area contributed by atoms with Crippen molar-refractivity contribution in [3.63, 3.8) is 0 Å². The molecule has 0 amide bonds. The van der Waals surface area contributed by atoms with Gasteiger partial charge in [-0.25, -0.2) is 0 Å². The van der Waals surface area contributed by atoms with E-state index in [9.17, 15) is 0 Å². The molecule has 0 heterocycles. The van der Waals surface area contributed by atoms with Crippen molar-refractivity contribution < 1.29 is 135 Å². The summed E-state index contributed by atoms with van der Waals surface area (Å²) in [5, 5.41) is 54.5. The summed E-state index contributed by atoms with van der Waals surface area (Å²) in [5.74, 6) is 0. The summed E-state index contributed by atoms with van der Waals surface area (Å²) in [6.45, 7) is 11.5. The minimum atomic E-state index is -0.125. The van der Waals surface area contributed by atoms with Gasteiger partial charge < -0.3 is 27.9 Å². The summed E-state index contributed by atoms with van der Waals surface area (Å²) >= 11 is 0. The van der Waals surface area contributed by atoms with Crippen LogP contribution in [0.2, 0.25) is 0 Å². The fraction of sp³-hybridized carbons (Fsp3) is 0.444. The number of hydrogen-bond acceptors (Lipinski definition) is 8. The Hall–Kier alpha value is 2.32. The van der Waals surface area contributed by atoms with Crippen LogP contribution in [0.5, 0.6) is 0 Å². The van der Waals surface area contributed by atoms with Gasteiger partial charge in [0.25, 0.3) is 0 Å². The smallest absolute Gasteiger partial charge is 0.0662 e. The van der Waals surface area contributed by atoms with Gasteiger partial charge in [0, 0.05) is 93.3 Å². The zero-order chi connectivity index (χ0) is 14.8. The molecule has 0 radical (unpaired) electrons. The molecule has 0 saturated carbocycles. The van der Waals surface area contributed by atoms with Crippen LogP contribution in [-0.2, 0) is 0 Å². The van der Waals surface area contributed by atoms with Crippen LogP contribution in [0.1, 0.15) is 0 Å². The third-order valence-electron chi connectivity index (χ3n) is 0.200. The van der Waals surface area contributed by atoms with Gasteiger partial charge in [0.1, 0.15) is 0 Å². The van der Waals surface area contributed by atoms with Crippen molar-refractivity contribution in [1.29, 1.82) is 0 Å². The van der Waals surface area contributed by atoms with Crippen molar-refractivity contribution in [3.05, 3.63) is 33.7 Å². The second kappa shape index (κ2) is 221. The van der Waals surface area contributed by atoms with Gasteiger partial charge in [-0.1, -0.05) is 0 Å². The molecular formula is C9H27O8U3-. The first-order chi connectivity index (χ1) is 7.83. The van der Waals surface area contributed by atoms with Gasteiger partial charge in [0.2, 0.25) is 0 Å². The Bertz CT molecular complexity index is 50.2. The molecule has 0 rings (SSSR count). The number of aliphatic hydroxyl groups excluding tert-OH is 4. The van der Waals surface area contributed by atoms with Crippen molar-refractivity contribution in [3.8, 4) is 0 Å². The fourth-order valence-electron chi connectivity index (χ4n) is 0. The average Bonchev–Trinajstić information content (AvgIpc) is 2.47. The van der Waals surface area contributed by atoms with Crippen molar-refractivity contribution in [1.82, 2.24) is 0 Å². The molecule has 0 spiro atoms. The van der Waals surface area contributed by atoms with Crippen LogP contribution < -0.4 is 0 Å².